The molecule has 0 radical (unpaired) electrons. The van der Waals surface area contributed by atoms with Crippen molar-refractivity contribution in [1.82, 2.24) is 9.97 Å². The highest BCUT2D eigenvalue weighted by Crippen LogP contribution is 2.55. The van der Waals surface area contributed by atoms with Crippen LogP contribution in [0.3, 0.4) is 0 Å². The fraction of sp³-hybridized carbons (Fsp3) is 0.233. The molecule has 2 heterocycles. The van der Waals surface area contributed by atoms with E-state index in [1.807, 2.05) is 0 Å². The quantitative estimate of drug-likeness (QED) is 0.0909. The summed E-state index contributed by atoms with van der Waals surface area (Å²) in [6, 6.07) is 55.6. The predicted octanol–water partition coefficient (Wildman–Crippen LogP) is 17.0. The largest absolute Gasteiger partial charge is 0.248 e. The Morgan fingerprint density at radius 3 is 1.52 bits per heavy atom. The number of nitrogens with zero attached hydrogens (tertiary/aromatic N) is 2. The summed E-state index contributed by atoms with van der Waals surface area (Å²) in [6.07, 6.45) is 21.4. The number of pyridine rings is 2. The first-order valence-corrected chi connectivity index (χ1v) is 23.1. The molecule has 9 rings (SSSR count). The number of unbranched alkanes of at least 4 members (excludes halogenated alkanes) is 6. The average molecular weight is 807 g/mol. The van der Waals surface area contributed by atoms with E-state index in [2.05, 4.69) is 197 Å². The van der Waals surface area contributed by atoms with E-state index in [0.29, 0.717) is 0 Å². The zero-order valence-electron chi connectivity index (χ0n) is 36.7. The molecule has 2 heteroatoms. The van der Waals surface area contributed by atoms with Gasteiger partial charge in [-0.1, -0.05) is 192 Å². The predicted molar refractivity (Wildman–Crippen MR) is 267 cm³/mol. The molecule has 0 saturated carbocycles. The van der Waals surface area contributed by atoms with Crippen LogP contribution in [0.25, 0.3) is 79.5 Å². The summed E-state index contributed by atoms with van der Waals surface area (Å²) in [7, 11) is 0. The molecule has 0 saturated heterocycles. The van der Waals surface area contributed by atoms with E-state index in [9.17, 15) is 0 Å². The Kier molecular flexibility index (Phi) is 12.4. The third-order valence-electron chi connectivity index (χ3n) is 13.2. The van der Waals surface area contributed by atoms with Crippen LogP contribution in [-0.2, 0) is 5.41 Å². The molecule has 1 aliphatic rings. The van der Waals surface area contributed by atoms with Gasteiger partial charge in [0.15, 0.2) is 0 Å². The maximum atomic E-state index is 5.05. The van der Waals surface area contributed by atoms with Gasteiger partial charge in [0, 0.05) is 16.2 Å². The highest BCUT2D eigenvalue weighted by Gasteiger charge is 2.42. The smallest absolute Gasteiger partial charge is 0.0709 e. The molecule has 6 aromatic carbocycles. The zero-order chi connectivity index (χ0) is 42.3. The molecule has 2 aromatic heterocycles. The maximum Gasteiger partial charge on any atom is 0.0709 e. The average Bonchev–Trinajstić information content (AvgIpc) is 3.58. The molecule has 0 fully saturated rings. The van der Waals surface area contributed by atoms with Crippen molar-refractivity contribution in [3.63, 3.8) is 0 Å². The summed E-state index contributed by atoms with van der Waals surface area (Å²) in [6.45, 7) is 6.92. The first-order chi connectivity index (χ1) is 30.5. The molecule has 308 valence electrons. The lowest BCUT2D eigenvalue weighted by molar-refractivity contribution is 0.401. The van der Waals surface area contributed by atoms with Crippen molar-refractivity contribution in [2.75, 3.05) is 0 Å². The maximum absolute atomic E-state index is 5.05. The third-order valence-corrected chi connectivity index (χ3v) is 13.2. The molecule has 0 unspecified atom stereocenters. The number of hydrogen-bond donors (Lipinski definition) is 0. The summed E-state index contributed by atoms with van der Waals surface area (Å²) in [5.74, 6) is 0. The van der Waals surface area contributed by atoms with Gasteiger partial charge in [0.2, 0.25) is 0 Å². The van der Waals surface area contributed by atoms with Gasteiger partial charge in [0.25, 0.3) is 0 Å². The molecule has 0 bridgehead atoms. The molecular formula is C60H58N2. The molecule has 0 aliphatic heterocycles. The SMILES string of the molecule is CCCCCCC1(CCCCCC)c2cc(C)ccc2-c2ccc(-c3cc(/C=C/c4ccc5ccccc5n4)c(-c4ccccc4)cc3/C=C/c3ccc4ccccc4n3)cc21. The second-order valence-electron chi connectivity index (χ2n) is 17.4. The van der Waals surface area contributed by atoms with Crippen molar-refractivity contribution in [3.05, 3.63) is 191 Å². The summed E-state index contributed by atoms with van der Waals surface area (Å²) < 4.78 is 0. The highest BCUT2D eigenvalue weighted by atomic mass is 14.7. The lowest BCUT2D eigenvalue weighted by atomic mass is 9.70. The molecule has 0 spiro atoms. The van der Waals surface area contributed by atoms with Gasteiger partial charge >= 0.3 is 0 Å². The summed E-state index contributed by atoms with van der Waals surface area (Å²) in [5.41, 5.74) is 18.3. The molecular weight excluding hydrogens is 749 g/mol. The number of benzene rings is 6. The minimum absolute atomic E-state index is 0.00629. The van der Waals surface area contributed by atoms with Crippen LogP contribution in [0, 0.1) is 6.92 Å². The second kappa shape index (κ2) is 18.7. The van der Waals surface area contributed by atoms with E-state index in [0.717, 1.165) is 38.8 Å². The van der Waals surface area contributed by atoms with Crippen molar-refractivity contribution < 1.29 is 0 Å². The Morgan fingerprint density at radius 2 is 0.935 bits per heavy atom. The second-order valence-corrected chi connectivity index (χ2v) is 17.4. The molecule has 0 N–H and O–H groups in total. The van der Waals surface area contributed by atoms with Crippen molar-refractivity contribution in [2.45, 2.75) is 90.4 Å². The van der Waals surface area contributed by atoms with E-state index in [1.165, 1.54) is 114 Å². The topological polar surface area (TPSA) is 25.8 Å². The van der Waals surface area contributed by atoms with Crippen LogP contribution in [0.1, 0.15) is 117 Å². The number of hydrogen-bond acceptors (Lipinski definition) is 2. The molecule has 0 amide bonds. The van der Waals surface area contributed by atoms with Crippen LogP contribution in [0.4, 0.5) is 0 Å². The zero-order valence-corrected chi connectivity index (χ0v) is 36.7. The monoisotopic (exact) mass is 806 g/mol. The molecule has 1 aliphatic carbocycles. The van der Waals surface area contributed by atoms with E-state index in [-0.39, 0.29) is 5.41 Å². The van der Waals surface area contributed by atoms with Crippen LogP contribution in [0.5, 0.6) is 0 Å². The molecule has 2 nitrogen and oxygen atoms in total. The van der Waals surface area contributed by atoms with Crippen molar-refractivity contribution in [3.8, 4) is 33.4 Å². The minimum Gasteiger partial charge on any atom is -0.248 e. The summed E-state index contributed by atoms with van der Waals surface area (Å²) in [5, 5.41) is 2.30. The number of rotatable bonds is 16. The Labute approximate surface area is 369 Å². The first-order valence-electron chi connectivity index (χ1n) is 23.1. The highest BCUT2D eigenvalue weighted by molar-refractivity contribution is 5.92. The Bertz CT molecular complexity index is 2890. The van der Waals surface area contributed by atoms with Crippen LogP contribution in [0.2, 0.25) is 0 Å². The van der Waals surface area contributed by atoms with Crippen LogP contribution >= 0.6 is 0 Å². The standard InChI is InChI=1S/C60H58N2/c1-4-6-8-17-37-60(38-18-9-7-5-2)56-39-43(3)25-35-52(56)53-36-30-49(42-57(53)60)55-41-47(28-33-50-31-26-45-21-13-15-23-58(45)61-50)54(44-19-11-10-12-20-44)40-48(55)29-34-51-32-27-46-22-14-16-24-59(46)62-51/h10-16,19-36,39-42H,4-9,17-18,37-38H2,1-3H3/b33-28+,34-29+. The molecule has 62 heavy (non-hydrogen) atoms. The number of fused-ring (bicyclic) bond motifs is 5. The number of para-hydroxylation sites is 2. The van der Waals surface area contributed by atoms with E-state index < -0.39 is 0 Å². The van der Waals surface area contributed by atoms with Crippen molar-refractivity contribution in [1.29, 1.82) is 0 Å². The number of aromatic nitrogens is 2. The van der Waals surface area contributed by atoms with Crippen LogP contribution < -0.4 is 0 Å². The van der Waals surface area contributed by atoms with Gasteiger partial charge in [-0.2, -0.15) is 0 Å². The number of aryl methyl sites for hydroxylation is 1. The fourth-order valence-corrected chi connectivity index (χ4v) is 9.87. The Morgan fingerprint density at radius 1 is 0.419 bits per heavy atom. The molecule has 8 aromatic rings. The minimum atomic E-state index is -0.00629. The lowest BCUT2D eigenvalue weighted by Crippen LogP contribution is -2.25. The lowest BCUT2D eigenvalue weighted by Gasteiger charge is -2.33. The summed E-state index contributed by atoms with van der Waals surface area (Å²) >= 11 is 0. The van der Waals surface area contributed by atoms with Crippen LogP contribution in [-0.4, -0.2) is 9.97 Å². The van der Waals surface area contributed by atoms with Gasteiger partial charge in [-0.25, -0.2) is 9.97 Å². The van der Waals surface area contributed by atoms with Gasteiger partial charge in [-0.3, -0.25) is 0 Å². The first kappa shape index (κ1) is 41.0. The normalized spacial score (nSPS) is 13.1. The van der Waals surface area contributed by atoms with E-state index >= 15 is 0 Å². The van der Waals surface area contributed by atoms with Gasteiger partial charge in [0.05, 0.1) is 22.4 Å². The Hall–Kier alpha value is -6.38. The van der Waals surface area contributed by atoms with Gasteiger partial charge < -0.3 is 0 Å². The van der Waals surface area contributed by atoms with Gasteiger partial charge in [-0.05, 0) is 130 Å². The molecule has 0 atom stereocenters. The summed E-state index contributed by atoms with van der Waals surface area (Å²) in [4.78, 5) is 10.1. The Balaban J connectivity index is 1.23. The van der Waals surface area contributed by atoms with Crippen molar-refractivity contribution >= 4 is 46.1 Å². The van der Waals surface area contributed by atoms with Gasteiger partial charge in [0.1, 0.15) is 0 Å². The van der Waals surface area contributed by atoms with E-state index in [1.54, 1.807) is 5.56 Å². The van der Waals surface area contributed by atoms with E-state index in [4.69, 9.17) is 9.97 Å². The third kappa shape index (κ3) is 8.57. The van der Waals surface area contributed by atoms with Crippen LogP contribution in [0.15, 0.2) is 152 Å². The fourth-order valence-electron chi connectivity index (χ4n) is 9.87. The van der Waals surface area contributed by atoms with Gasteiger partial charge in [-0.15, -0.1) is 0 Å². The van der Waals surface area contributed by atoms with Crippen molar-refractivity contribution in [2.24, 2.45) is 0 Å².